The van der Waals surface area contributed by atoms with Crippen LogP contribution in [0.4, 0.5) is 0 Å². The van der Waals surface area contributed by atoms with Crippen LogP contribution in [0.2, 0.25) is 0 Å². The summed E-state index contributed by atoms with van der Waals surface area (Å²) in [5.74, 6) is -1.64. The van der Waals surface area contributed by atoms with Gasteiger partial charge in [-0.15, -0.1) is 0 Å². The number of rotatable bonds is 1. The van der Waals surface area contributed by atoms with Crippen LogP contribution < -0.4 is 0 Å². The van der Waals surface area contributed by atoms with E-state index in [2.05, 4.69) is 30.6 Å². The number of carbonyl (C=O) groups is 1. The van der Waals surface area contributed by atoms with Crippen LogP contribution in [0.5, 0.6) is 0 Å². The maximum atomic E-state index is 10.00. The van der Waals surface area contributed by atoms with E-state index in [1.807, 2.05) is 0 Å². The first kappa shape index (κ1) is 6.21. The van der Waals surface area contributed by atoms with Crippen LogP contribution in [0.25, 0.3) is 0 Å². The Morgan fingerprint density at radius 1 is 1.78 bits per heavy atom. The minimum absolute atomic E-state index is 0.139. The Labute approximate surface area is 57.8 Å². The number of hydrogen-bond acceptors (Lipinski definition) is 4. The molecule has 0 atom stereocenters. The number of halogens is 1. The summed E-state index contributed by atoms with van der Waals surface area (Å²) in [5.41, 5.74) is 0. The zero-order chi connectivity index (χ0) is 6.85. The molecule has 0 aliphatic carbocycles. The van der Waals surface area contributed by atoms with Crippen molar-refractivity contribution in [2.45, 2.75) is 0 Å². The van der Waals surface area contributed by atoms with Crippen LogP contribution in [0.3, 0.4) is 0 Å². The molecule has 1 aromatic heterocycles. The van der Waals surface area contributed by atoms with Gasteiger partial charge in [-0.25, -0.2) is 4.79 Å². The lowest BCUT2D eigenvalue weighted by molar-refractivity contribution is 0.0643. The molecule has 9 heavy (non-hydrogen) atoms. The zero-order valence-corrected chi connectivity index (χ0v) is 5.62. The highest BCUT2D eigenvalue weighted by Gasteiger charge is 2.10. The minimum atomic E-state index is -1.23. The van der Waals surface area contributed by atoms with E-state index in [0.717, 1.165) is 0 Å². The van der Waals surface area contributed by atoms with E-state index in [1.165, 1.54) is 0 Å². The summed E-state index contributed by atoms with van der Waals surface area (Å²) in [6.45, 7) is 0. The third kappa shape index (κ3) is 1.26. The number of aromatic nitrogens is 2. The van der Waals surface area contributed by atoms with Gasteiger partial charge in [0.2, 0.25) is 4.73 Å². The predicted octanol–water partition coefficient (Wildman–Crippen LogP) is 0.530. The normalized spacial score (nSPS) is 9.44. The van der Waals surface area contributed by atoms with E-state index in [9.17, 15) is 4.79 Å². The lowest BCUT2D eigenvalue weighted by Crippen LogP contribution is -1.94. The average molecular weight is 193 g/mol. The molecule has 0 amide bonds. The Bertz CT molecular complexity index is 233. The minimum Gasteiger partial charge on any atom is -0.474 e. The predicted molar refractivity (Wildman–Crippen MR) is 29.0 cm³/mol. The first-order chi connectivity index (χ1) is 4.20. The van der Waals surface area contributed by atoms with Gasteiger partial charge in [-0.1, -0.05) is 0 Å². The number of hydrogen-bond donors (Lipinski definition) is 1. The summed E-state index contributed by atoms with van der Waals surface area (Å²) in [5, 5.41) is 11.4. The Morgan fingerprint density at radius 2 is 2.44 bits per heavy atom. The van der Waals surface area contributed by atoms with Crippen molar-refractivity contribution in [1.82, 2.24) is 10.1 Å². The van der Waals surface area contributed by atoms with Crippen molar-refractivity contribution >= 4 is 21.9 Å². The molecule has 0 saturated carbocycles. The van der Waals surface area contributed by atoms with Crippen molar-refractivity contribution in [1.29, 1.82) is 0 Å². The highest BCUT2D eigenvalue weighted by Crippen LogP contribution is 2.02. The van der Waals surface area contributed by atoms with Gasteiger partial charge in [-0.3, -0.25) is 0 Å². The van der Waals surface area contributed by atoms with Gasteiger partial charge < -0.3 is 9.63 Å². The van der Waals surface area contributed by atoms with E-state index in [1.54, 1.807) is 0 Å². The SMILES string of the molecule is O=C(O)c1nc(Br)no1. The maximum Gasteiger partial charge on any atom is 0.394 e. The van der Waals surface area contributed by atoms with E-state index in [-0.39, 0.29) is 4.73 Å². The molecule has 0 saturated heterocycles. The van der Waals surface area contributed by atoms with Crippen LogP contribution in [-0.2, 0) is 0 Å². The molecule has 0 unspecified atom stereocenters. The molecule has 0 fully saturated rings. The van der Waals surface area contributed by atoms with Gasteiger partial charge in [-0.2, -0.15) is 4.98 Å². The Balaban J connectivity index is 2.98. The number of carboxylic acids is 1. The van der Waals surface area contributed by atoms with E-state index < -0.39 is 11.9 Å². The van der Waals surface area contributed by atoms with E-state index >= 15 is 0 Å². The molecule has 1 heterocycles. The number of aromatic carboxylic acids is 1. The van der Waals surface area contributed by atoms with Crippen molar-refractivity contribution in [3.8, 4) is 0 Å². The zero-order valence-electron chi connectivity index (χ0n) is 4.04. The first-order valence-electron chi connectivity index (χ1n) is 1.92. The third-order valence-electron chi connectivity index (χ3n) is 0.584. The van der Waals surface area contributed by atoms with Crippen LogP contribution in [0.1, 0.15) is 10.7 Å². The van der Waals surface area contributed by atoms with Crippen molar-refractivity contribution in [3.63, 3.8) is 0 Å². The topological polar surface area (TPSA) is 76.2 Å². The van der Waals surface area contributed by atoms with Crippen molar-refractivity contribution in [3.05, 3.63) is 10.6 Å². The molecule has 6 heteroatoms. The average Bonchev–Trinajstić information content (AvgIpc) is 2.14. The van der Waals surface area contributed by atoms with Crippen molar-refractivity contribution in [2.75, 3.05) is 0 Å². The van der Waals surface area contributed by atoms with E-state index in [4.69, 9.17) is 5.11 Å². The van der Waals surface area contributed by atoms with Gasteiger partial charge in [0.25, 0.3) is 0 Å². The molecule has 0 radical (unpaired) electrons. The van der Waals surface area contributed by atoms with Gasteiger partial charge in [-0.05, 0) is 21.1 Å². The van der Waals surface area contributed by atoms with E-state index in [0.29, 0.717) is 0 Å². The number of carboxylic acid groups (broad SMARTS) is 1. The molecule has 0 bridgehead atoms. The summed E-state index contributed by atoms with van der Waals surface area (Å²) in [4.78, 5) is 13.3. The van der Waals surface area contributed by atoms with Crippen LogP contribution >= 0.6 is 15.9 Å². The smallest absolute Gasteiger partial charge is 0.394 e. The third-order valence-corrected chi connectivity index (χ3v) is 0.906. The van der Waals surface area contributed by atoms with Crippen LogP contribution in [-0.4, -0.2) is 21.2 Å². The summed E-state index contributed by atoms with van der Waals surface area (Å²) in [6.07, 6.45) is 0. The molecule has 0 aliphatic rings. The molecule has 0 aliphatic heterocycles. The maximum absolute atomic E-state index is 10.00. The Kier molecular flexibility index (Phi) is 1.48. The molecular formula is C3HBrN2O3. The molecule has 48 valence electrons. The molecule has 0 spiro atoms. The molecule has 1 N–H and O–H groups in total. The molecular weight excluding hydrogens is 192 g/mol. The van der Waals surface area contributed by atoms with Gasteiger partial charge >= 0.3 is 11.9 Å². The highest BCUT2D eigenvalue weighted by atomic mass is 79.9. The summed E-state index contributed by atoms with van der Waals surface area (Å²) in [7, 11) is 0. The van der Waals surface area contributed by atoms with Gasteiger partial charge in [0, 0.05) is 0 Å². The van der Waals surface area contributed by atoms with Crippen molar-refractivity contribution < 1.29 is 14.4 Å². The largest absolute Gasteiger partial charge is 0.474 e. The fraction of sp³-hybridized carbons (Fsp3) is 0. The highest BCUT2D eigenvalue weighted by molar-refractivity contribution is 9.10. The molecule has 1 aromatic rings. The monoisotopic (exact) mass is 192 g/mol. The molecule has 1 rings (SSSR count). The standard InChI is InChI=1S/C3HBrN2O3/c4-3-5-1(2(7)8)9-6-3/h(H,7,8). The van der Waals surface area contributed by atoms with Crippen LogP contribution in [0.15, 0.2) is 9.26 Å². The summed E-state index contributed by atoms with van der Waals surface area (Å²) >= 11 is 2.82. The molecule has 5 nitrogen and oxygen atoms in total. The quantitative estimate of drug-likeness (QED) is 0.703. The van der Waals surface area contributed by atoms with Crippen LogP contribution in [0, 0.1) is 0 Å². The lowest BCUT2D eigenvalue weighted by atomic mass is 10.7. The first-order valence-corrected chi connectivity index (χ1v) is 2.72. The van der Waals surface area contributed by atoms with Gasteiger partial charge in [0.1, 0.15) is 0 Å². The fourth-order valence-electron chi connectivity index (χ4n) is 0.292. The second kappa shape index (κ2) is 2.14. The molecule has 0 aromatic carbocycles. The van der Waals surface area contributed by atoms with Gasteiger partial charge in [0.05, 0.1) is 0 Å². The van der Waals surface area contributed by atoms with Crippen molar-refractivity contribution in [2.24, 2.45) is 0 Å². The second-order valence-electron chi connectivity index (χ2n) is 1.17. The fourth-order valence-corrected chi connectivity index (χ4v) is 0.526. The number of nitrogens with zero attached hydrogens (tertiary/aromatic N) is 2. The lowest BCUT2D eigenvalue weighted by Gasteiger charge is -1.74. The second-order valence-corrected chi connectivity index (χ2v) is 1.88. The Hall–Kier alpha value is -0.910. The van der Waals surface area contributed by atoms with Gasteiger partial charge in [0.15, 0.2) is 0 Å². The Morgan fingerprint density at radius 3 is 2.67 bits per heavy atom. The summed E-state index contributed by atoms with van der Waals surface area (Å²) in [6, 6.07) is 0. The summed E-state index contributed by atoms with van der Waals surface area (Å²) < 4.78 is 4.36.